The molecule has 0 bridgehead atoms. The third-order valence-corrected chi connectivity index (χ3v) is 3.26. The summed E-state index contributed by atoms with van der Waals surface area (Å²) in [5.74, 6) is -0.133. The molecule has 0 unspecified atom stereocenters. The molecule has 4 heteroatoms. The molecule has 0 saturated carbocycles. The second-order valence-corrected chi connectivity index (χ2v) is 4.88. The van der Waals surface area contributed by atoms with Crippen molar-refractivity contribution < 1.29 is 9.53 Å². The third-order valence-electron chi connectivity index (χ3n) is 3.26. The van der Waals surface area contributed by atoms with Gasteiger partial charge in [-0.15, -0.1) is 0 Å². The Hall–Kier alpha value is -2.49. The second kappa shape index (κ2) is 7.33. The highest BCUT2D eigenvalue weighted by Crippen LogP contribution is 2.26. The molecule has 0 aliphatic heterocycles. The minimum atomic E-state index is -0.526. The predicted molar refractivity (Wildman–Crippen MR) is 84.2 cm³/mol. The van der Waals surface area contributed by atoms with Gasteiger partial charge in [-0.3, -0.25) is 4.79 Å². The fourth-order valence-electron chi connectivity index (χ4n) is 2.16. The minimum Gasteiger partial charge on any atom is -0.491 e. The van der Waals surface area contributed by atoms with Crippen molar-refractivity contribution in [3.63, 3.8) is 0 Å². The standard InChI is InChI=1S/C17H20N2O2/c18-15-11-6-10-14(17(19)20)16(15)21-12-5-4-9-13-7-2-1-3-8-13/h1-3,6-8,10-11H,4-5,9,12,18H2,(H2,19,20). The summed E-state index contributed by atoms with van der Waals surface area (Å²) >= 11 is 0. The SMILES string of the molecule is NC(=O)c1cccc(N)c1OCCCCc1ccccc1. The summed E-state index contributed by atoms with van der Waals surface area (Å²) < 4.78 is 5.64. The van der Waals surface area contributed by atoms with Crippen LogP contribution in [0.2, 0.25) is 0 Å². The number of ether oxygens (including phenoxy) is 1. The molecule has 2 aromatic rings. The van der Waals surface area contributed by atoms with E-state index in [-0.39, 0.29) is 0 Å². The first-order valence-electron chi connectivity index (χ1n) is 7.03. The maximum absolute atomic E-state index is 11.3. The Balaban J connectivity index is 1.83. The van der Waals surface area contributed by atoms with Crippen molar-refractivity contribution in [2.45, 2.75) is 19.3 Å². The first kappa shape index (κ1) is 14.9. The minimum absolute atomic E-state index is 0.332. The lowest BCUT2D eigenvalue weighted by Crippen LogP contribution is -2.14. The van der Waals surface area contributed by atoms with Crippen LogP contribution in [0.15, 0.2) is 48.5 Å². The summed E-state index contributed by atoms with van der Waals surface area (Å²) in [6.07, 6.45) is 2.92. The highest BCUT2D eigenvalue weighted by Gasteiger charge is 2.11. The molecule has 0 saturated heterocycles. The van der Waals surface area contributed by atoms with E-state index in [1.165, 1.54) is 5.56 Å². The maximum atomic E-state index is 11.3. The number of amides is 1. The number of anilines is 1. The Morgan fingerprint density at radius 1 is 1.00 bits per heavy atom. The summed E-state index contributed by atoms with van der Waals surface area (Å²) in [6.45, 7) is 0.515. The number of nitrogen functional groups attached to an aromatic ring is 1. The highest BCUT2D eigenvalue weighted by molar-refractivity contribution is 5.97. The molecule has 110 valence electrons. The van der Waals surface area contributed by atoms with Gasteiger partial charge in [-0.05, 0) is 37.0 Å². The monoisotopic (exact) mass is 284 g/mol. The molecule has 2 aromatic carbocycles. The molecule has 0 fully saturated rings. The number of aryl methyl sites for hydroxylation is 1. The number of para-hydroxylation sites is 1. The Kier molecular flexibility index (Phi) is 5.21. The molecule has 0 radical (unpaired) electrons. The van der Waals surface area contributed by atoms with Crippen molar-refractivity contribution >= 4 is 11.6 Å². The lowest BCUT2D eigenvalue weighted by atomic mass is 10.1. The van der Waals surface area contributed by atoms with Crippen LogP contribution >= 0.6 is 0 Å². The summed E-state index contributed by atoms with van der Waals surface area (Å²) in [6, 6.07) is 15.3. The van der Waals surface area contributed by atoms with E-state index >= 15 is 0 Å². The average molecular weight is 284 g/mol. The van der Waals surface area contributed by atoms with Gasteiger partial charge in [0, 0.05) is 0 Å². The molecule has 4 N–H and O–H groups in total. The van der Waals surface area contributed by atoms with Crippen molar-refractivity contribution in [3.8, 4) is 5.75 Å². The number of carbonyl (C=O) groups is 1. The smallest absolute Gasteiger partial charge is 0.252 e. The van der Waals surface area contributed by atoms with Crippen LogP contribution in [-0.4, -0.2) is 12.5 Å². The van der Waals surface area contributed by atoms with Gasteiger partial charge in [-0.2, -0.15) is 0 Å². The van der Waals surface area contributed by atoms with Crippen LogP contribution in [0, 0.1) is 0 Å². The van der Waals surface area contributed by atoms with E-state index in [9.17, 15) is 4.79 Å². The van der Waals surface area contributed by atoms with Gasteiger partial charge in [0.2, 0.25) is 0 Å². The van der Waals surface area contributed by atoms with Crippen molar-refractivity contribution in [2.75, 3.05) is 12.3 Å². The normalized spacial score (nSPS) is 10.3. The Bertz CT molecular complexity index is 597. The van der Waals surface area contributed by atoms with Crippen molar-refractivity contribution in [3.05, 3.63) is 59.7 Å². The number of benzene rings is 2. The van der Waals surface area contributed by atoms with Gasteiger partial charge in [0.15, 0.2) is 5.75 Å². The fourth-order valence-corrected chi connectivity index (χ4v) is 2.16. The van der Waals surface area contributed by atoms with Crippen LogP contribution in [0.4, 0.5) is 5.69 Å². The van der Waals surface area contributed by atoms with E-state index in [1.54, 1.807) is 18.2 Å². The number of nitrogens with two attached hydrogens (primary N) is 2. The van der Waals surface area contributed by atoms with Crippen molar-refractivity contribution in [1.82, 2.24) is 0 Å². The molecule has 0 aliphatic carbocycles. The molecule has 4 nitrogen and oxygen atoms in total. The third kappa shape index (κ3) is 4.24. The molecule has 0 aliphatic rings. The topological polar surface area (TPSA) is 78.3 Å². The predicted octanol–water partition coefficient (Wildman–Crippen LogP) is 2.77. The lowest BCUT2D eigenvalue weighted by Gasteiger charge is -2.12. The first-order chi connectivity index (χ1) is 10.2. The van der Waals surface area contributed by atoms with Gasteiger partial charge in [0.05, 0.1) is 17.9 Å². The molecule has 0 spiro atoms. The second-order valence-electron chi connectivity index (χ2n) is 4.88. The Morgan fingerprint density at radius 3 is 2.48 bits per heavy atom. The van der Waals surface area contributed by atoms with Gasteiger partial charge in [-0.1, -0.05) is 36.4 Å². The van der Waals surface area contributed by atoms with Crippen molar-refractivity contribution in [1.29, 1.82) is 0 Å². The summed E-state index contributed by atoms with van der Waals surface area (Å²) in [5.41, 5.74) is 13.2. The van der Waals surface area contributed by atoms with Gasteiger partial charge < -0.3 is 16.2 Å². The molecule has 1 amide bonds. The van der Waals surface area contributed by atoms with Gasteiger partial charge >= 0.3 is 0 Å². The van der Waals surface area contributed by atoms with Crippen LogP contribution < -0.4 is 16.2 Å². The van der Waals surface area contributed by atoms with Crippen LogP contribution in [0.5, 0.6) is 5.75 Å². The molecular weight excluding hydrogens is 264 g/mol. The van der Waals surface area contributed by atoms with Crippen LogP contribution in [-0.2, 0) is 6.42 Å². The van der Waals surface area contributed by atoms with E-state index in [4.69, 9.17) is 16.2 Å². The summed E-state index contributed by atoms with van der Waals surface area (Å²) in [4.78, 5) is 11.3. The quantitative estimate of drug-likeness (QED) is 0.606. The summed E-state index contributed by atoms with van der Waals surface area (Å²) in [5, 5.41) is 0. The Morgan fingerprint density at radius 2 is 1.76 bits per heavy atom. The van der Waals surface area contributed by atoms with Crippen LogP contribution in [0.3, 0.4) is 0 Å². The van der Waals surface area contributed by atoms with Crippen molar-refractivity contribution in [2.24, 2.45) is 5.73 Å². The number of carbonyl (C=O) groups excluding carboxylic acids is 1. The molecule has 0 atom stereocenters. The zero-order valence-electron chi connectivity index (χ0n) is 11.9. The van der Waals surface area contributed by atoms with Crippen LogP contribution in [0.25, 0.3) is 0 Å². The zero-order valence-corrected chi connectivity index (χ0v) is 11.9. The maximum Gasteiger partial charge on any atom is 0.252 e. The van der Waals surface area contributed by atoms with E-state index in [0.29, 0.717) is 23.6 Å². The fraction of sp³-hybridized carbons (Fsp3) is 0.235. The van der Waals surface area contributed by atoms with E-state index in [2.05, 4.69) is 12.1 Å². The molecule has 0 aromatic heterocycles. The lowest BCUT2D eigenvalue weighted by molar-refractivity contribution is 0.0996. The Labute approximate surface area is 124 Å². The number of hydrogen-bond acceptors (Lipinski definition) is 3. The molecule has 21 heavy (non-hydrogen) atoms. The van der Waals surface area contributed by atoms with Gasteiger partial charge in [0.1, 0.15) is 0 Å². The van der Waals surface area contributed by atoms with E-state index in [1.807, 2.05) is 18.2 Å². The van der Waals surface area contributed by atoms with E-state index < -0.39 is 5.91 Å². The molecular formula is C17H20N2O2. The molecule has 2 rings (SSSR count). The van der Waals surface area contributed by atoms with Gasteiger partial charge in [0.25, 0.3) is 5.91 Å². The number of rotatable bonds is 7. The van der Waals surface area contributed by atoms with Gasteiger partial charge in [-0.25, -0.2) is 0 Å². The summed E-state index contributed by atoms with van der Waals surface area (Å²) in [7, 11) is 0. The largest absolute Gasteiger partial charge is 0.491 e. The number of primary amides is 1. The van der Waals surface area contributed by atoms with Crippen LogP contribution in [0.1, 0.15) is 28.8 Å². The number of unbranched alkanes of at least 4 members (excludes halogenated alkanes) is 1. The average Bonchev–Trinajstić information content (AvgIpc) is 2.49. The first-order valence-corrected chi connectivity index (χ1v) is 7.03. The molecule has 0 heterocycles. The number of hydrogen-bond donors (Lipinski definition) is 2. The zero-order chi connectivity index (χ0) is 15.1. The van der Waals surface area contributed by atoms with E-state index in [0.717, 1.165) is 19.3 Å². The highest BCUT2D eigenvalue weighted by atomic mass is 16.5.